The smallest absolute Gasteiger partial charge is 0.147 e. The molecule has 1 aromatic rings. The number of hydrogen-bond donors (Lipinski definition) is 1. The van der Waals surface area contributed by atoms with E-state index in [1.807, 2.05) is 18.8 Å². The normalized spacial score (nSPS) is 20.5. The van der Waals surface area contributed by atoms with Gasteiger partial charge in [0.15, 0.2) is 0 Å². The van der Waals surface area contributed by atoms with Crippen LogP contribution in [0.15, 0.2) is 12.3 Å². The minimum absolute atomic E-state index is 0.545. The first-order chi connectivity index (χ1) is 7.18. The van der Waals surface area contributed by atoms with Crippen molar-refractivity contribution in [2.45, 2.75) is 12.5 Å². The van der Waals surface area contributed by atoms with Crippen molar-refractivity contribution < 1.29 is 0 Å². The molecular formula is C10H14ClN3S. The van der Waals surface area contributed by atoms with E-state index in [-0.39, 0.29) is 0 Å². The van der Waals surface area contributed by atoms with E-state index in [9.17, 15) is 0 Å². The second kappa shape index (κ2) is 4.49. The zero-order chi connectivity index (χ0) is 10.8. The monoisotopic (exact) mass is 243 g/mol. The van der Waals surface area contributed by atoms with Gasteiger partial charge in [-0.25, -0.2) is 4.98 Å². The number of nitrogens with two attached hydrogens (primary N) is 1. The van der Waals surface area contributed by atoms with Gasteiger partial charge in [0.25, 0.3) is 0 Å². The number of pyridine rings is 1. The first-order valence-corrected chi connectivity index (χ1v) is 6.43. The summed E-state index contributed by atoms with van der Waals surface area (Å²) in [6, 6.07) is 2.30. The lowest BCUT2D eigenvalue weighted by atomic mass is 10.2. The van der Waals surface area contributed by atoms with Crippen molar-refractivity contribution in [3.05, 3.63) is 17.3 Å². The van der Waals surface area contributed by atoms with Crippen LogP contribution in [0.2, 0.25) is 5.02 Å². The molecule has 0 saturated carbocycles. The molecule has 0 spiro atoms. The Morgan fingerprint density at radius 1 is 1.67 bits per heavy atom. The predicted molar refractivity (Wildman–Crippen MR) is 67.8 cm³/mol. The highest BCUT2D eigenvalue weighted by molar-refractivity contribution is 7.99. The Morgan fingerprint density at radius 3 is 3.07 bits per heavy atom. The Balaban J connectivity index is 2.20. The number of nitrogens with zero attached hydrogens (tertiary/aromatic N) is 2. The topological polar surface area (TPSA) is 42.2 Å². The van der Waals surface area contributed by atoms with Crippen molar-refractivity contribution in [3.63, 3.8) is 0 Å². The van der Waals surface area contributed by atoms with Gasteiger partial charge in [0.1, 0.15) is 5.82 Å². The minimum atomic E-state index is 0.545. The number of aromatic nitrogens is 1. The van der Waals surface area contributed by atoms with E-state index in [1.165, 1.54) is 12.2 Å². The summed E-state index contributed by atoms with van der Waals surface area (Å²) in [5.74, 6) is 3.21. The molecular weight excluding hydrogens is 230 g/mol. The van der Waals surface area contributed by atoms with E-state index < -0.39 is 0 Å². The molecule has 0 bridgehead atoms. The summed E-state index contributed by atoms with van der Waals surface area (Å²) in [7, 11) is 2.04. The van der Waals surface area contributed by atoms with Crippen molar-refractivity contribution in [2.75, 3.05) is 29.2 Å². The van der Waals surface area contributed by atoms with Crippen molar-refractivity contribution in [3.8, 4) is 0 Å². The summed E-state index contributed by atoms with van der Waals surface area (Å²) in [6.45, 7) is 0. The zero-order valence-corrected chi connectivity index (χ0v) is 10.2. The SMILES string of the molecule is CN(c1ncc(N)cc1Cl)C1CCSC1. The summed E-state index contributed by atoms with van der Waals surface area (Å²) in [6.07, 6.45) is 2.85. The number of anilines is 2. The molecule has 0 amide bonds. The van der Waals surface area contributed by atoms with Crippen LogP contribution in [0, 0.1) is 0 Å². The van der Waals surface area contributed by atoms with Gasteiger partial charge in [-0.05, 0) is 18.2 Å². The van der Waals surface area contributed by atoms with Gasteiger partial charge in [0.05, 0.1) is 16.9 Å². The Hall–Kier alpha value is -0.610. The lowest BCUT2D eigenvalue weighted by molar-refractivity contribution is 0.692. The molecule has 1 aromatic heterocycles. The Bertz CT molecular complexity index is 353. The second-order valence-corrected chi connectivity index (χ2v) is 5.26. The molecule has 1 saturated heterocycles. The van der Waals surface area contributed by atoms with Gasteiger partial charge in [0, 0.05) is 18.8 Å². The van der Waals surface area contributed by atoms with Gasteiger partial charge in [-0.3, -0.25) is 0 Å². The molecule has 2 N–H and O–H groups in total. The van der Waals surface area contributed by atoms with Crippen molar-refractivity contribution in [1.82, 2.24) is 4.98 Å². The third-order valence-electron chi connectivity index (χ3n) is 2.63. The average molecular weight is 244 g/mol. The molecule has 0 radical (unpaired) electrons. The van der Waals surface area contributed by atoms with Gasteiger partial charge in [-0.15, -0.1) is 0 Å². The summed E-state index contributed by atoms with van der Waals surface area (Å²) in [5, 5.41) is 0.634. The molecule has 1 fully saturated rings. The number of rotatable bonds is 2. The first-order valence-electron chi connectivity index (χ1n) is 4.90. The van der Waals surface area contributed by atoms with Gasteiger partial charge < -0.3 is 10.6 Å². The Labute approximate surface area is 99.0 Å². The predicted octanol–water partition coefficient (Wildman–Crippen LogP) is 2.26. The largest absolute Gasteiger partial charge is 0.397 e. The summed E-state index contributed by atoms with van der Waals surface area (Å²) in [4.78, 5) is 6.44. The molecule has 1 aliphatic rings. The molecule has 0 aromatic carbocycles. The fraction of sp³-hybridized carbons (Fsp3) is 0.500. The molecule has 1 atom stereocenters. The maximum Gasteiger partial charge on any atom is 0.147 e. The maximum absolute atomic E-state index is 6.11. The summed E-state index contributed by atoms with van der Waals surface area (Å²) < 4.78 is 0. The van der Waals surface area contributed by atoms with Crippen LogP contribution in [0.1, 0.15) is 6.42 Å². The third kappa shape index (κ3) is 2.32. The molecule has 3 nitrogen and oxygen atoms in total. The Kier molecular flexibility index (Phi) is 3.26. The average Bonchev–Trinajstić information content (AvgIpc) is 2.69. The van der Waals surface area contributed by atoms with Crippen LogP contribution in [0.3, 0.4) is 0 Å². The second-order valence-electron chi connectivity index (χ2n) is 3.70. The Morgan fingerprint density at radius 2 is 2.47 bits per heavy atom. The van der Waals surface area contributed by atoms with E-state index in [1.54, 1.807) is 12.3 Å². The zero-order valence-electron chi connectivity index (χ0n) is 8.61. The van der Waals surface area contributed by atoms with Crippen LogP contribution in [0.25, 0.3) is 0 Å². The van der Waals surface area contributed by atoms with E-state index >= 15 is 0 Å². The minimum Gasteiger partial charge on any atom is -0.397 e. The first kappa shape index (κ1) is 10.9. The van der Waals surface area contributed by atoms with Crippen LogP contribution >= 0.6 is 23.4 Å². The number of thioether (sulfide) groups is 1. The van der Waals surface area contributed by atoms with E-state index in [0.29, 0.717) is 16.8 Å². The molecule has 5 heteroatoms. The molecule has 82 valence electrons. The van der Waals surface area contributed by atoms with Crippen molar-refractivity contribution in [2.24, 2.45) is 0 Å². The van der Waals surface area contributed by atoms with Crippen molar-refractivity contribution in [1.29, 1.82) is 0 Å². The van der Waals surface area contributed by atoms with E-state index in [4.69, 9.17) is 17.3 Å². The molecule has 1 aliphatic heterocycles. The molecule has 0 aliphatic carbocycles. The highest BCUT2D eigenvalue weighted by atomic mass is 35.5. The lowest BCUT2D eigenvalue weighted by Crippen LogP contribution is -2.32. The highest BCUT2D eigenvalue weighted by Gasteiger charge is 2.22. The number of hydrogen-bond acceptors (Lipinski definition) is 4. The standard InChI is InChI=1S/C10H14ClN3S/c1-14(8-2-3-15-6-8)10-9(11)4-7(12)5-13-10/h4-5,8H,2-3,6,12H2,1H3. The fourth-order valence-corrected chi connectivity index (χ4v) is 3.28. The molecule has 15 heavy (non-hydrogen) atoms. The van der Waals surface area contributed by atoms with E-state index in [2.05, 4.69) is 9.88 Å². The molecule has 2 heterocycles. The fourth-order valence-electron chi connectivity index (χ4n) is 1.71. The molecule has 2 rings (SSSR count). The summed E-state index contributed by atoms with van der Waals surface area (Å²) in [5.41, 5.74) is 6.22. The van der Waals surface area contributed by atoms with Gasteiger partial charge >= 0.3 is 0 Å². The maximum atomic E-state index is 6.11. The lowest BCUT2D eigenvalue weighted by Gasteiger charge is -2.25. The van der Waals surface area contributed by atoms with Crippen LogP contribution < -0.4 is 10.6 Å². The quantitative estimate of drug-likeness (QED) is 0.865. The van der Waals surface area contributed by atoms with Crippen LogP contribution in [0.5, 0.6) is 0 Å². The van der Waals surface area contributed by atoms with Crippen LogP contribution in [-0.2, 0) is 0 Å². The number of halogens is 1. The van der Waals surface area contributed by atoms with Crippen LogP contribution in [0.4, 0.5) is 11.5 Å². The number of nitrogen functional groups attached to an aromatic ring is 1. The van der Waals surface area contributed by atoms with Gasteiger partial charge in [0.2, 0.25) is 0 Å². The van der Waals surface area contributed by atoms with Crippen LogP contribution in [-0.4, -0.2) is 29.6 Å². The van der Waals surface area contributed by atoms with Crippen molar-refractivity contribution >= 4 is 34.9 Å². The third-order valence-corrected chi connectivity index (χ3v) is 4.05. The molecule has 1 unspecified atom stereocenters. The summed E-state index contributed by atoms with van der Waals surface area (Å²) >= 11 is 8.09. The van der Waals surface area contributed by atoms with Gasteiger partial charge in [-0.2, -0.15) is 11.8 Å². The van der Waals surface area contributed by atoms with Gasteiger partial charge in [-0.1, -0.05) is 11.6 Å². The highest BCUT2D eigenvalue weighted by Crippen LogP contribution is 2.29. The van der Waals surface area contributed by atoms with E-state index in [0.717, 1.165) is 11.6 Å².